The third-order valence-electron chi connectivity index (χ3n) is 2.96. The monoisotopic (exact) mass is 273 g/mol. The Morgan fingerprint density at radius 1 is 1.35 bits per heavy atom. The third kappa shape index (κ3) is 3.12. The van der Waals surface area contributed by atoms with E-state index < -0.39 is 5.97 Å². The average Bonchev–Trinajstić information content (AvgIpc) is 2.63. The predicted octanol–water partition coefficient (Wildman–Crippen LogP) is 3.04. The first kappa shape index (κ1) is 12.7. The van der Waals surface area contributed by atoms with E-state index in [4.69, 9.17) is 28.3 Å². The van der Waals surface area contributed by atoms with Crippen LogP contribution < -0.4 is 0 Å². The van der Waals surface area contributed by atoms with Crippen molar-refractivity contribution < 1.29 is 9.90 Å². The number of hydrogen-bond donors (Lipinski definition) is 1. The van der Waals surface area contributed by atoms with E-state index in [0.717, 1.165) is 18.5 Å². The summed E-state index contributed by atoms with van der Waals surface area (Å²) in [6, 6.07) is 4.94. The number of halogens is 2. The zero-order valence-corrected chi connectivity index (χ0v) is 10.7. The van der Waals surface area contributed by atoms with E-state index in [0.29, 0.717) is 23.0 Å². The Balaban J connectivity index is 2.12. The summed E-state index contributed by atoms with van der Waals surface area (Å²) in [5.74, 6) is -0.754. The van der Waals surface area contributed by atoms with Gasteiger partial charge in [0.15, 0.2) is 0 Å². The molecule has 1 aliphatic rings. The number of likely N-dealkylation sites (tertiary alicyclic amines) is 1. The lowest BCUT2D eigenvalue weighted by Gasteiger charge is -2.21. The van der Waals surface area contributed by atoms with Crippen LogP contribution in [0.2, 0.25) is 10.0 Å². The molecule has 17 heavy (non-hydrogen) atoms. The largest absolute Gasteiger partial charge is 0.480 e. The molecule has 1 heterocycles. The minimum absolute atomic E-state index is 0.382. The van der Waals surface area contributed by atoms with E-state index in [1.54, 1.807) is 6.07 Å². The van der Waals surface area contributed by atoms with E-state index in [2.05, 4.69) is 0 Å². The maximum Gasteiger partial charge on any atom is 0.320 e. The van der Waals surface area contributed by atoms with Gasteiger partial charge in [-0.05, 0) is 43.1 Å². The summed E-state index contributed by atoms with van der Waals surface area (Å²) in [5.41, 5.74) is 0.954. The smallest absolute Gasteiger partial charge is 0.320 e. The topological polar surface area (TPSA) is 40.5 Å². The van der Waals surface area contributed by atoms with E-state index in [9.17, 15) is 4.79 Å². The number of nitrogens with zero attached hydrogens (tertiary/aromatic N) is 1. The van der Waals surface area contributed by atoms with E-state index in [1.807, 2.05) is 17.0 Å². The van der Waals surface area contributed by atoms with E-state index >= 15 is 0 Å². The Morgan fingerprint density at radius 3 is 2.59 bits per heavy atom. The molecule has 2 rings (SSSR count). The Labute approximate surface area is 110 Å². The summed E-state index contributed by atoms with van der Waals surface area (Å²) in [6.07, 6.45) is 1.63. The van der Waals surface area contributed by atoms with Crippen molar-refractivity contribution in [1.82, 2.24) is 4.90 Å². The van der Waals surface area contributed by atoms with Crippen molar-refractivity contribution in [3.8, 4) is 0 Å². The maximum absolute atomic E-state index is 11.0. The third-order valence-corrected chi connectivity index (χ3v) is 3.39. The second kappa shape index (κ2) is 5.25. The van der Waals surface area contributed by atoms with Crippen molar-refractivity contribution in [3.05, 3.63) is 33.8 Å². The number of aliphatic carboxylic acids is 1. The fourth-order valence-electron chi connectivity index (χ4n) is 2.23. The van der Waals surface area contributed by atoms with Crippen molar-refractivity contribution in [1.29, 1.82) is 0 Å². The highest BCUT2D eigenvalue weighted by Crippen LogP contribution is 2.24. The molecule has 3 nitrogen and oxygen atoms in total. The quantitative estimate of drug-likeness (QED) is 0.921. The molecule has 1 atom stereocenters. The van der Waals surface area contributed by atoms with Gasteiger partial charge in [-0.15, -0.1) is 0 Å². The Hall–Kier alpha value is -0.770. The molecule has 0 aliphatic carbocycles. The van der Waals surface area contributed by atoms with Crippen LogP contribution in [-0.4, -0.2) is 28.6 Å². The first-order valence-electron chi connectivity index (χ1n) is 5.48. The van der Waals surface area contributed by atoms with Crippen LogP contribution in [0.1, 0.15) is 18.4 Å². The van der Waals surface area contributed by atoms with Gasteiger partial charge in [-0.1, -0.05) is 23.2 Å². The first-order valence-corrected chi connectivity index (χ1v) is 6.23. The molecule has 0 saturated carbocycles. The molecule has 5 heteroatoms. The summed E-state index contributed by atoms with van der Waals surface area (Å²) < 4.78 is 0. The zero-order valence-electron chi connectivity index (χ0n) is 9.20. The van der Waals surface area contributed by atoms with Gasteiger partial charge < -0.3 is 5.11 Å². The van der Waals surface area contributed by atoms with Gasteiger partial charge in [0.05, 0.1) is 0 Å². The van der Waals surface area contributed by atoms with Gasteiger partial charge in [0.25, 0.3) is 0 Å². The minimum Gasteiger partial charge on any atom is -0.480 e. The zero-order chi connectivity index (χ0) is 12.4. The molecule has 1 aromatic rings. The Bertz CT molecular complexity index is 416. The van der Waals surface area contributed by atoms with Crippen molar-refractivity contribution in [2.24, 2.45) is 0 Å². The van der Waals surface area contributed by atoms with Crippen LogP contribution in [0.15, 0.2) is 18.2 Å². The van der Waals surface area contributed by atoms with Gasteiger partial charge >= 0.3 is 5.97 Å². The number of benzene rings is 1. The predicted molar refractivity (Wildman–Crippen MR) is 67.5 cm³/mol. The minimum atomic E-state index is -0.754. The molecule has 1 aromatic carbocycles. The Morgan fingerprint density at radius 2 is 2.00 bits per heavy atom. The molecule has 1 saturated heterocycles. The summed E-state index contributed by atoms with van der Waals surface area (Å²) >= 11 is 11.8. The van der Waals surface area contributed by atoms with Crippen LogP contribution in [0.5, 0.6) is 0 Å². The summed E-state index contributed by atoms with van der Waals surface area (Å²) in [5, 5.41) is 10.2. The molecule has 0 radical (unpaired) electrons. The van der Waals surface area contributed by atoms with Crippen LogP contribution >= 0.6 is 23.2 Å². The molecule has 0 spiro atoms. The number of hydrogen-bond acceptors (Lipinski definition) is 2. The molecular weight excluding hydrogens is 261 g/mol. The van der Waals surface area contributed by atoms with Crippen molar-refractivity contribution >= 4 is 29.2 Å². The molecule has 1 N–H and O–H groups in total. The number of carbonyl (C=O) groups is 1. The summed E-state index contributed by atoms with van der Waals surface area (Å²) in [4.78, 5) is 13.0. The van der Waals surface area contributed by atoms with E-state index in [-0.39, 0.29) is 6.04 Å². The highest BCUT2D eigenvalue weighted by atomic mass is 35.5. The standard InChI is InChI=1S/C12H13Cl2NO2/c13-9-4-8(5-10(14)6-9)7-15-3-1-2-11(15)12(16)17/h4-6,11H,1-3,7H2,(H,16,17)/t11-/m1/s1. The fourth-order valence-corrected chi connectivity index (χ4v) is 2.80. The lowest BCUT2D eigenvalue weighted by atomic mass is 10.2. The van der Waals surface area contributed by atoms with Crippen molar-refractivity contribution in [2.45, 2.75) is 25.4 Å². The lowest BCUT2D eigenvalue weighted by molar-refractivity contribution is -0.142. The summed E-state index contributed by atoms with van der Waals surface area (Å²) in [7, 11) is 0. The Kier molecular flexibility index (Phi) is 3.92. The van der Waals surface area contributed by atoms with Gasteiger partial charge in [0.2, 0.25) is 0 Å². The van der Waals surface area contributed by atoms with Crippen molar-refractivity contribution in [2.75, 3.05) is 6.54 Å². The highest BCUT2D eigenvalue weighted by molar-refractivity contribution is 6.34. The molecule has 0 aromatic heterocycles. The van der Waals surface area contributed by atoms with Gasteiger partial charge in [-0.25, -0.2) is 0 Å². The SMILES string of the molecule is O=C(O)[C@H]1CCCN1Cc1cc(Cl)cc(Cl)c1. The van der Waals surface area contributed by atoms with Crippen LogP contribution in [0.3, 0.4) is 0 Å². The maximum atomic E-state index is 11.0. The van der Waals surface area contributed by atoms with Crippen LogP contribution in [0.4, 0.5) is 0 Å². The normalized spacial score (nSPS) is 20.7. The molecule has 92 valence electrons. The molecule has 0 bridgehead atoms. The second-order valence-corrected chi connectivity index (χ2v) is 5.12. The van der Waals surface area contributed by atoms with Gasteiger partial charge in [0.1, 0.15) is 6.04 Å². The number of rotatable bonds is 3. The molecule has 0 unspecified atom stereocenters. The van der Waals surface area contributed by atoms with Gasteiger partial charge in [0, 0.05) is 16.6 Å². The second-order valence-electron chi connectivity index (χ2n) is 4.24. The van der Waals surface area contributed by atoms with Crippen LogP contribution in [0.25, 0.3) is 0 Å². The van der Waals surface area contributed by atoms with Crippen LogP contribution in [-0.2, 0) is 11.3 Å². The highest BCUT2D eigenvalue weighted by Gasteiger charge is 2.30. The number of carboxylic acids is 1. The first-order chi connectivity index (χ1) is 8.06. The number of carboxylic acid groups (broad SMARTS) is 1. The van der Waals surface area contributed by atoms with Gasteiger partial charge in [-0.2, -0.15) is 0 Å². The van der Waals surface area contributed by atoms with Gasteiger partial charge in [-0.3, -0.25) is 9.69 Å². The van der Waals surface area contributed by atoms with Crippen LogP contribution in [0, 0.1) is 0 Å². The molecule has 1 aliphatic heterocycles. The molecule has 1 fully saturated rings. The fraction of sp³-hybridized carbons (Fsp3) is 0.417. The van der Waals surface area contributed by atoms with E-state index in [1.165, 1.54) is 0 Å². The average molecular weight is 274 g/mol. The summed E-state index contributed by atoms with van der Waals surface area (Å²) in [6.45, 7) is 1.39. The lowest BCUT2D eigenvalue weighted by Crippen LogP contribution is -2.35. The molecular formula is C12H13Cl2NO2. The van der Waals surface area contributed by atoms with Crippen molar-refractivity contribution in [3.63, 3.8) is 0 Å². The molecule has 0 amide bonds.